The Morgan fingerprint density at radius 3 is 2.90 bits per heavy atom. The fourth-order valence-corrected chi connectivity index (χ4v) is 2.28. The SMILES string of the molecule is Cc1ccc(C#N)cc1NCc1ccc2cc[nH]c2c1. The number of benzene rings is 2. The van der Waals surface area contributed by atoms with E-state index in [2.05, 4.69) is 40.6 Å². The quantitative estimate of drug-likeness (QED) is 0.749. The molecule has 0 spiro atoms. The van der Waals surface area contributed by atoms with E-state index in [-0.39, 0.29) is 0 Å². The molecule has 0 aliphatic carbocycles. The minimum Gasteiger partial charge on any atom is -0.381 e. The van der Waals surface area contributed by atoms with E-state index < -0.39 is 0 Å². The summed E-state index contributed by atoms with van der Waals surface area (Å²) in [5, 5.41) is 13.6. The van der Waals surface area contributed by atoms with Gasteiger partial charge < -0.3 is 10.3 Å². The molecule has 0 saturated carbocycles. The van der Waals surface area contributed by atoms with E-state index in [0.717, 1.165) is 23.3 Å². The summed E-state index contributed by atoms with van der Waals surface area (Å²) in [6, 6.07) is 16.3. The number of aromatic amines is 1. The van der Waals surface area contributed by atoms with E-state index in [0.29, 0.717) is 5.56 Å². The van der Waals surface area contributed by atoms with Crippen LogP contribution in [0, 0.1) is 18.3 Å². The summed E-state index contributed by atoms with van der Waals surface area (Å²) in [4.78, 5) is 3.22. The van der Waals surface area contributed by atoms with E-state index >= 15 is 0 Å². The number of nitrogens with zero attached hydrogens (tertiary/aromatic N) is 1. The van der Waals surface area contributed by atoms with Crippen LogP contribution in [0.2, 0.25) is 0 Å². The Balaban J connectivity index is 1.80. The molecule has 0 aliphatic heterocycles. The van der Waals surface area contributed by atoms with Crippen molar-refractivity contribution in [1.29, 1.82) is 5.26 Å². The predicted molar refractivity (Wildman–Crippen MR) is 81.5 cm³/mol. The molecule has 0 radical (unpaired) electrons. The van der Waals surface area contributed by atoms with Gasteiger partial charge in [0.25, 0.3) is 0 Å². The highest BCUT2D eigenvalue weighted by atomic mass is 14.9. The van der Waals surface area contributed by atoms with Gasteiger partial charge in [0.05, 0.1) is 11.6 Å². The first-order valence-corrected chi connectivity index (χ1v) is 6.57. The van der Waals surface area contributed by atoms with Gasteiger partial charge in [0.2, 0.25) is 0 Å². The van der Waals surface area contributed by atoms with Gasteiger partial charge in [-0.3, -0.25) is 0 Å². The Labute approximate surface area is 117 Å². The first kappa shape index (κ1) is 12.3. The largest absolute Gasteiger partial charge is 0.381 e. The second-order valence-corrected chi connectivity index (χ2v) is 4.89. The molecule has 3 rings (SSSR count). The number of anilines is 1. The normalized spacial score (nSPS) is 10.4. The van der Waals surface area contributed by atoms with Gasteiger partial charge in [-0.1, -0.05) is 18.2 Å². The Hall–Kier alpha value is -2.73. The van der Waals surface area contributed by atoms with Crippen LogP contribution in [0.25, 0.3) is 10.9 Å². The summed E-state index contributed by atoms with van der Waals surface area (Å²) in [6.07, 6.45) is 1.95. The third kappa shape index (κ3) is 2.36. The van der Waals surface area contributed by atoms with Gasteiger partial charge >= 0.3 is 0 Å². The van der Waals surface area contributed by atoms with Crippen molar-refractivity contribution in [3.05, 3.63) is 65.4 Å². The molecule has 20 heavy (non-hydrogen) atoms. The van der Waals surface area contributed by atoms with Crippen LogP contribution in [-0.2, 0) is 6.54 Å². The molecule has 98 valence electrons. The number of hydrogen-bond donors (Lipinski definition) is 2. The van der Waals surface area contributed by atoms with Crippen molar-refractivity contribution in [2.24, 2.45) is 0 Å². The lowest BCUT2D eigenvalue weighted by atomic mass is 10.1. The van der Waals surface area contributed by atoms with Crippen LogP contribution in [0.1, 0.15) is 16.7 Å². The third-order valence-corrected chi connectivity index (χ3v) is 3.47. The summed E-state index contributed by atoms with van der Waals surface area (Å²) in [5.74, 6) is 0. The lowest BCUT2D eigenvalue weighted by Gasteiger charge is -2.10. The van der Waals surface area contributed by atoms with E-state index in [1.54, 1.807) is 0 Å². The Morgan fingerprint density at radius 2 is 2.05 bits per heavy atom. The maximum absolute atomic E-state index is 8.95. The second-order valence-electron chi connectivity index (χ2n) is 4.89. The molecule has 3 nitrogen and oxygen atoms in total. The molecule has 2 aromatic carbocycles. The zero-order valence-corrected chi connectivity index (χ0v) is 11.3. The first-order chi connectivity index (χ1) is 9.76. The number of aryl methyl sites for hydroxylation is 1. The van der Waals surface area contributed by atoms with Gasteiger partial charge in [-0.25, -0.2) is 0 Å². The fraction of sp³-hybridized carbons (Fsp3) is 0.118. The molecular weight excluding hydrogens is 246 g/mol. The van der Waals surface area contributed by atoms with Gasteiger partial charge in [-0.15, -0.1) is 0 Å². The standard InChI is InChI=1S/C17H15N3/c1-12-2-3-13(10-18)8-16(12)20-11-14-4-5-15-6-7-19-17(15)9-14/h2-9,19-20H,11H2,1H3. The molecular formula is C17H15N3. The summed E-state index contributed by atoms with van der Waals surface area (Å²) in [6.45, 7) is 2.78. The van der Waals surface area contributed by atoms with Crippen molar-refractivity contribution in [2.75, 3.05) is 5.32 Å². The van der Waals surface area contributed by atoms with Gasteiger partial charge in [0.1, 0.15) is 0 Å². The predicted octanol–water partition coefficient (Wildman–Crippen LogP) is 3.96. The monoisotopic (exact) mass is 261 g/mol. The summed E-state index contributed by atoms with van der Waals surface area (Å²) in [5.41, 5.74) is 5.19. The van der Waals surface area contributed by atoms with Crippen molar-refractivity contribution in [1.82, 2.24) is 4.98 Å². The van der Waals surface area contributed by atoms with Crippen LogP contribution in [0.5, 0.6) is 0 Å². The smallest absolute Gasteiger partial charge is 0.0992 e. The maximum atomic E-state index is 8.95. The van der Waals surface area contributed by atoms with Crippen molar-refractivity contribution >= 4 is 16.6 Å². The topological polar surface area (TPSA) is 51.6 Å². The van der Waals surface area contributed by atoms with E-state index in [1.165, 1.54) is 10.9 Å². The van der Waals surface area contributed by atoms with Crippen LogP contribution < -0.4 is 5.32 Å². The molecule has 1 aromatic heterocycles. The van der Waals surface area contributed by atoms with Gasteiger partial charge in [-0.05, 0) is 47.7 Å². The molecule has 3 aromatic rings. The molecule has 0 saturated heterocycles. The second kappa shape index (κ2) is 5.10. The van der Waals surface area contributed by atoms with Crippen LogP contribution >= 0.6 is 0 Å². The summed E-state index contributed by atoms with van der Waals surface area (Å²) < 4.78 is 0. The van der Waals surface area contributed by atoms with Crippen LogP contribution in [0.4, 0.5) is 5.69 Å². The van der Waals surface area contributed by atoms with E-state index in [4.69, 9.17) is 5.26 Å². The lowest BCUT2D eigenvalue weighted by molar-refractivity contribution is 1.14. The van der Waals surface area contributed by atoms with Crippen LogP contribution in [-0.4, -0.2) is 4.98 Å². The van der Waals surface area contributed by atoms with Crippen molar-refractivity contribution in [2.45, 2.75) is 13.5 Å². The number of hydrogen-bond acceptors (Lipinski definition) is 2. The molecule has 3 heteroatoms. The minimum atomic E-state index is 0.679. The Kier molecular flexibility index (Phi) is 3.14. The molecule has 0 bridgehead atoms. The number of rotatable bonds is 3. The van der Waals surface area contributed by atoms with Crippen molar-refractivity contribution in [3.63, 3.8) is 0 Å². The van der Waals surface area contributed by atoms with Crippen LogP contribution in [0.15, 0.2) is 48.7 Å². The number of fused-ring (bicyclic) bond motifs is 1. The Morgan fingerprint density at radius 1 is 1.15 bits per heavy atom. The van der Waals surface area contributed by atoms with E-state index in [1.807, 2.05) is 31.3 Å². The highest BCUT2D eigenvalue weighted by Crippen LogP contribution is 2.19. The van der Waals surface area contributed by atoms with Gasteiger partial charge in [-0.2, -0.15) is 5.26 Å². The number of H-pyrrole nitrogens is 1. The molecule has 0 aliphatic rings. The number of nitriles is 1. The van der Waals surface area contributed by atoms with Gasteiger partial charge in [0, 0.05) is 23.9 Å². The lowest BCUT2D eigenvalue weighted by Crippen LogP contribution is -2.01. The minimum absolute atomic E-state index is 0.679. The third-order valence-electron chi connectivity index (χ3n) is 3.47. The molecule has 0 atom stereocenters. The van der Waals surface area contributed by atoms with Crippen molar-refractivity contribution in [3.8, 4) is 6.07 Å². The highest BCUT2D eigenvalue weighted by Gasteiger charge is 2.01. The molecule has 1 heterocycles. The summed E-state index contributed by atoms with van der Waals surface area (Å²) in [7, 11) is 0. The molecule has 0 fully saturated rings. The molecule has 2 N–H and O–H groups in total. The maximum Gasteiger partial charge on any atom is 0.0992 e. The van der Waals surface area contributed by atoms with Crippen LogP contribution in [0.3, 0.4) is 0 Å². The molecule has 0 amide bonds. The number of aromatic nitrogens is 1. The highest BCUT2D eigenvalue weighted by molar-refractivity contribution is 5.79. The Bertz CT molecular complexity index is 793. The zero-order valence-electron chi connectivity index (χ0n) is 11.3. The first-order valence-electron chi connectivity index (χ1n) is 6.57. The van der Waals surface area contributed by atoms with E-state index in [9.17, 15) is 0 Å². The molecule has 0 unspecified atom stereocenters. The fourth-order valence-electron chi connectivity index (χ4n) is 2.28. The zero-order chi connectivity index (χ0) is 13.9. The number of nitrogens with one attached hydrogen (secondary N) is 2. The van der Waals surface area contributed by atoms with Crippen molar-refractivity contribution < 1.29 is 0 Å². The average Bonchev–Trinajstić information content (AvgIpc) is 2.94. The van der Waals surface area contributed by atoms with Gasteiger partial charge in [0.15, 0.2) is 0 Å². The summed E-state index contributed by atoms with van der Waals surface area (Å²) >= 11 is 0. The average molecular weight is 261 g/mol.